The molecule has 2 N–H and O–H groups in total. The number of hydrogen-bond donors (Lipinski definition) is 2. The van der Waals surface area contributed by atoms with Crippen molar-refractivity contribution < 1.29 is 13.5 Å². The van der Waals surface area contributed by atoms with Crippen molar-refractivity contribution in [2.24, 2.45) is 4.99 Å². The summed E-state index contributed by atoms with van der Waals surface area (Å²) in [7, 11) is 0. The van der Waals surface area contributed by atoms with Crippen LogP contribution in [-0.2, 0) is 0 Å². The number of H-pyrrole nitrogens is 1. The molecule has 2 aliphatic rings. The molecule has 8 heteroatoms. The van der Waals surface area contributed by atoms with E-state index in [4.69, 9.17) is 4.74 Å². The van der Waals surface area contributed by atoms with Crippen LogP contribution in [0.25, 0.3) is 10.9 Å². The molecule has 2 aromatic rings. The molecule has 1 saturated heterocycles. The predicted molar refractivity (Wildman–Crippen MR) is 95.7 cm³/mol. The van der Waals surface area contributed by atoms with Crippen LogP contribution in [0.4, 0.5) is 8.78 Å². The minimum absolute atomic E-state index is 0.0186. The summed E-state index contributed by atoms with van der Waals surface area (Å²) in [5.74, 6) is 1.33. The number of aliphatic imine (C=N–C) groups is 1. The van der Waals surface area contributed by atoms with E-state index in [9.17, 15) is 8.78 Å². The van der Waals surface area contributed by atoms with Gasteiger partial charge in [-0.3, -0.25) is 5.10 Å². The molecule has 26 heavy (non-hydrogen) atoms. The second-order valence-corrected chi connectivity index (χ2v) is 6.85. The second-order valence-electron chi connectivity index (χ2n) is 6.85. The maximum atomic E-state index is 13.5. The van der Waals surface area contributed by atoms with Crippen molar-refractivity contribution in [1.29, 1.82) is 0 Å². The molecule has 0 bridgehead atoms. The van der Waals surface area contributed by atoms with Crippen LogP contribution in [0.15, 0.2) is 35.1 Å². The zero-order valence-corrected chi connectivity index (χ0v) is 14.6. The third-order valence-electron chi connectivity index (χ3n) is 4.50. The Morgan fingerprint density at radius 3 is 2.73 bits per heavy atom. The van der Waals surface area contributed by atoms with Gasteiger partial charge < -0.3 is 15.0 Å². The van der Waals surface area contributed by atoms with Gasteiger partial charge in [0.1, 0.15) is 11.6 Å². The Labute approximate surface area is 149 Å². The Bertz CT molecular complexity index is 852. The third-order valence-corrected chi connectivity index (χ3v) is 4.50. The average Bonchev–Trinajstić information content (AvgIpc) is 3.18. The van der Waals surface area contributed by atoms with E-state index < -0.39 is 12.3 Å². The van der Waals surface area contributed by atoms with Crippen LogP contribution >= 0.6 is 0 Å². The molecule has 0 amide bonds. The lowest BCUT2D eigenvalue weighted by atomic mass is 10.1. The van der Waals surface area contributed by atoms with E-state index in [2.05, 4.69) is 20.5 Å². The number of nitrogens with one attached hydrogen (secondary N) is 2. The molecule has 0 saturated carbocycles. The Morgan fingerprint density at radius 1 is 1.23 bits per heavy atom. The lowest BCUT2D eigenvalue weighted by Crippen LogP contribution is -2.28. The Morgan fingerprint density at radius 2 is 2.00 bits per heavy atom. The van der Waals surface area contributed by atoms with Crippen molar-refractivity contribution in [3.63, 3.8) is 0 Å². The highest BCUT2D eigenvalue weighted by atomic mass is 19.2. The van der Waals surface area contributed by atoms with Crippen molar-refractivity contribution in [3.8, 4) is 5.75 Å². The van der Waals surface area contributed by atoms with Crippen LogP contribution in [0.3, 0.4) is 0 Å². The minimum Gasteiger partial charge on any atom is -0.491 e. The number of hydrogen-bond acceptors (Lipinski definition) is 5. The highest BCUT2D eigenvalue weighted by molar-refractivity contribution is 5.84. The normalized spacial score (nSPS) is 25.7. The molecule has 4 rings (SSSR count). The fourth-order valence-corrected chi connectivity index (χ4v) is 3.28. The van der Waals surface area contributed by atoms with E-state index in [0.29, 0.717) is 5.82 Å². The topological polar surface area (TPSA) is 65.5 Å². The lowest BCUT2D eigenvalue weighted by molar-refractivity contribution is 0.217. The molecule has 6 nitrogen and oxygen atoms in total. The van der Waals surface area contributed by atoms with E-state index in [0.717, 1.165) is 22.3 Å². The minimum atomic E-state index is -1.47. The van der Waals surface area contributed by atoms with Gasteiger partial charge in [0.2, 0.25) is 0 Å². The lowest BCUT2D eigenvalue weighted by Gasteiger charge is -2.23. The van der Waals surface area contributed by atoms with Crippen LogP contribution in [0.5, 0.6) is 5.75 Å². The molecule has 1 fully saturated rings. The van der Waals surface area contributed by atoms with Crippen LogP contribution in [0.2, 0.25) is 0 Å². The highest BCUT2D eigenvalue weighted by Crippen LogP contribution is 2.30. The maximum Gasteiger partial charge on any atom is 0.150 e. The largest absolute Gasteiger partial charge is 0.491 e. The van der Waals surface area contributed by atoms with Gasteiger partial charge in [-0.05, 0) is 38.1 Å². The van der Waals surface area contributed by atoms with Gasteiger partial charge in [-0.25, -0.2) is 13.8 Å². The molecule has 1 aromatic heterocycles. The van der Waals surface area contributed by atoms with Crippen LogP contribution in [-0.4, -0.2) is 53.0 Å². The summed E-state index contributed by atoms with van der Waals surface area (Å²) >= 11 is 0. The predicted octanol–water partition coefficient (Wildman–Crippen LogP) is 2.86. The molecule has 0 radical (unpaired) electrons. The van der Waals surface area contributed by atoms with E-state index in [1.165, 1.54) is 0 Å². The number of fused-ring (bicyclic) bond motifs is 1. The number of nitrogens with zero attached hydrogens (tertiary/aromatic N) is 3. The van der Waals surface area contributed by atoms with Crippen LogP contribution in [0.1, 0.15) is 25.6 Å². The molecular formula is C18H21F2N5O. The van der Waals surface area contributed by atoms with Gasteiger partial charge in [-0.15, -0.1) is 0 Å². The number of rotatable bonds is 4. The first-order chi connectivity index (χ1) is 12.5. The quantitative estimate of drug-likeness (QED) is 0.879. The number of aromatic nitrogens is 2. The van der Waals surface area contributed by atoms with Gasteiger partial charge in [0.05, 0.1) is 42.8 Å². The van der Waals surface area contributed by atoms with Gasteiger partial charge in [-0.2, -0.15) is 5.10 Å². The maximum absolute atomic E-state index is 13.5. The van der Waals surface area contributed by atoms with E-state index in [-0.39, 0.29) is 25.2 Å². The van der Waals surface area contributed by atoms with E-state index >= 15 is 0 Å². The third kappa shape index (κ3) is 3.11. The molecule has 1 aromatic carbocycles. The molecule has 0 unspecified atom stereocenters. The van der Waals surface area contributed by atoms with E-state index in [1.54, 1.807) is 11.2 Å². The number of likely N-dealkylation sites (tertiary alicyclic amines) is 1. The number of alkyl halides is 2. The summed E-state index contributed by atoms with van der Waals surface area (Å²) in [4.78, 5) is 5.86. The van der Waals surface area contributed by atoms with Crippen molar-refractivity contribution in [1.82, 2.24) is 20.4 Å². The van der Waals surface area contributed by atoms with Crippen molar-refractivity contribution in [2.75, 3.05) is 13.1 Å². The summed E-state index contributed by atoms with van der Waals surface area (Å²) in [5.41, 5.74) is 1.68. The summed E-state index contributed by atoms with van der Waals surface area (Å²) in [5, 5.41) is 11.5. The molecule has 0 spiro atoms. The summed E-state index contributed by atoms with van der Waals surface area (Å²) < 4.78 is 32.8. The highest BCUT2D eigenvalue weighted by Gasteiger charge is 2.34. The second kappa shape index (κ2) is 6.59. The summed E-state index contributed by atoms with van der Waals surface area (Å²) in [6.45, 7) is 3.98. The fourth-order valence-electron chi connectivity index (χ4n) is 3.28. The molecule has 138 valence electrons. The molecular weight excluding hydrogens is 340 g/mol. The van der Waals surface area contributed by atoms with Gasteiger partial charge in [0.25, 0.3) is 0 Å². The zero-order valence-electron chi connectivity index (χ0n) is 14.6. The monoisotopic (exact) mass is 361 g/mol. The number of halogens is 2. The number of ether oxygens (including phenoxy) is 1. The number of benzene rings is 1. The smallest absolute Gasteiger partial charge is 0.150 e. The van der Waals surface area contributed by atoms with Crippen LogP contribution < -0.4 is 10.1 Å². The first-order valence-electron chi connectivity index (χ1n) is 8.69. The van der Waals surface area contributed by atoms with Crippen molar-refractivity contribution in [3.05, 3.63) is 35.8 Å². The summed E-state index contributed by atoms with van der Waals surface area (Å²) in [6.07, 6.45) is 0.527. The molecule has 3 atom stereocenters. The molecule has 0 aliphatic carbocycles. The van der Waals surface area contributed by atoms with Crippen LogP contribution in [0, 0.1) is 0 Å². The first kappa shape index (κ1) is 16.8. The average molecular weight is 361 g/mol. The molecule has 3 heterocycles. The Balaban J connectivity index is 1.63. The first-order valence-corrected chi connectivity index (χ1v) is 8.69. The van der Waals surface area contributed by atoms with Gasteiger partial charge in [-0.1, -0.05) is 0 Å². The molecule has 2 aliphatic heterocycles. The van der Waals surface area contributed by atoms with Gasteiger partial charge >= 0.3 is 0 Å². The zero-order chi connectivity index (χ0) is 18.3. The fraction of sp³-hybridized carbons (Fsp3) is 0.444. The van der Waals surface area contributed by atoms with Gasteiger partial charge in [0, 0.05) is 5.39 Å². The number of aromatic amines is 1. The van der Waals surface area contributed by atoms with Crippen molar-refractivity contribution in [2.45, 2.75) is 38.3 Å². The van der Waals surface area contributed by atoms with E-state index in [1.807, 2.05) is 38.1 Å². The Kier molecular flexibility index (Phi) is 4.26. The van der Waals surface area contributed by atoms with Crippen molar-refractivity contribution >= 4 is 17.2 Å². The summed E-state index contributed by atoms with van der Waals surface area (Å²) in [6, 6.07) is 5.52. The standard InChI is InChI=1S/C18H21F2N5O/c1-10(2)26-11-3-4-15-12(5-11)18(24-23-15)16-6-17(22-9-21-16)25-7-13(19)14(20)8-25/h3-6,9-10,13-14,16H,7-8H2,1-2H3,(H,21,22)(H,23,24)/t13-,14-,16+/m0/s1. The SMILES string of the molecule is CC(C)Oc1ccc2[nH]nc([C@H]3C=C(N4C[C@H](F)[C@@H](F)C4)N=CN3)c2c1. The van der Waals surface area contributed by atoms with Gasteiger partial charge in [0.15, 0.2) is 12.3 Å². The Hall–Kier alpha value is -2.64.